The molecule has 0 fully saturated rings. The van der Waals surface area contributed by atoms with Crippen LogP contribution >= 0.6 is 11.3 Å². The average molecular weight is 270 g/mol. The molecule has 2 N–H and O–H groups in total. The number of nitrogens with zero attached hydrogens (tertiary/aromatic N) is 1. The Hall–Kier alpha value is -0.940. The highest BCUT2D eigenvalue weighted by Gasteiger charge is 2.25. The Morgan fingerprint density at radius 1 is 1.50 bits per heavy atom. The van der Waals surface area contributed by atoms with Crippen LogP contribution in [0.15, 0.2) is 5.51 Å². The van der Waals surface area contributed by atoms with E-state index in [1.807, 2.05) is 34.6 Å². The zero-order chi connectivity index (χ0) is 13.9. The van der Waals surface area contributed by atoms with Gasteiger partial charge >= 0.3 is 0 Å². The molecule has 1 aromatic heterocycles. The highest BCUT2D eigenvalue weighted by atomic mass is 32.1. The Morgan fingerprint density at radius 2 is 2.11 bits per heavy atom. The fraction of sp³-hybridized carbons (Fsp3) is 0.692. The molecule has 1 unspecified atom stereocenters. The third-order valence-electron chi connectivity index (χ3n) is 2.73. The fourth-order valence-electron chi connectivity index (χ4n) is 1.45. The van der Waals surface area contributed by atoms with Crippen LogP contribution in [0, 0.1) is 5.92 Å². The van der Waals surface area contributed by atoms with Crippen molar-refractivity contribution < 1.29 is 9.90 Å². The molecule has 0 aliphatic heterocycles. The van der Waals surface area contributed by atoms with Crippen LogP contribution in [0.25, 0.3) is 0 Å². The molecule has 18 heavy (non-hydrogen) atoms. The Bertz CT molecular complexity index is 407. The number of thiazole rings is 1. The molecule has 1 atom stereocenters. The van der Waals surface area contributed by atoms with E-state index in [4.69, 9.17) is 0 Å². The van der Waals surface area contributed by atoms with E-state index in [1.165, 1.54) is 11.3 Å². The number of aromatic nitrogens is 1. The quantitative estimate of drug-likeness (QED) is 0.881. The first kappa shape index (κ1) is 15.1. The van der Waals surface area contributed by atoms with E-state index in [9.17, 15) is 9.90 Å². The van der Waals surface area contributed by atoms with Crippen LogP contribution in [-0.2, 0) is 5.41 Å². The summed E-state index contributed by atoms with van der Waals surface area (Å²) in [4.78, 5) is 17.0. The van der Waals surface area contributed by atoms with Gasteiger partial charge in [-0.3, -0.25) is 4.79 Å². The van der Waals surface area contributed by atoms with Gasteiger partial charge in [-0.1, -0.05) is 34.6 Å². The molecular weight excluding hydrogens is 248 g/mol. The summed E-state index contributed by atoms with van der Waals surface area (Å²) in [6.07, 6.45) is -0.514. The molecular formula is C13H22N2O2S. The summed E-state index contributed by atoms with van der Waals surface area (Å²) in [5.41, 5.74) is 2.35. The van der Waals surface area contributed by atoms with Gasteiger partial charge in [-0.05, 0) is 5.92 Å². The van der Waals surface area contributed by atoms with Crippen LogP contribution in [0.5, 0.6) is 0 Å². The number of nitrogens with one attached hydrogen (secondary N) is 1. The molecule has 102 valence electrons. The molecule has 0 saturated heterocycles. The van der Waals surface area contributed by atoms with Gasteiger partial charge in [0, 0.05) is 12.0 Å². The molecule has 4 nitrogen and oxygen atoms in total. The second-order valence-electron chi connectivity index (χ2n) is 5.80. The lowest BCUT2D eigenvalue weighted by molar-refractivity contribution is 0.0873. The van der Waals surface area contributed by atoms with Crippen LogP contribution in [0.1, 0.15) is 50.0 Å². The minimum atomic E-state index is -0.514. The van der Waals surface area contributed by atoms with Crippen molar-refractivity contribution in [1.29, 1.82) is 0 Å². The smallest absolute Gasteiger partial charge is 0.263 e. The van der Waals surface area contributed by atoms with Gasteiger partial charge in [-0.15, -0.1) is 11.3 Å². The maximum Gasteiger partial charge on any atom is 0.263 e. The standard InChI is InChI=1S/C13H22N2O2S/c1-8(2)9(16)6-14-12(17)10-11(13(3,4)5)15-7-18-10/h7-9,16H,6H2,1-5H3,(H,14,17). The van der Waals surface area contributed by atoms with Crippen molar-refractivity contribution in [3.05, 3.63) is 16.1 Å². The van der Waals surface area contributed by atoms with Crippen LogP contribution in [-0.4, -0.2) is 28.6 Å². The first-order valence-electron chi connectivity index (χ1n) is 6.13. The number of carbonyl (C=O) groups is 1. The predicted molar refractivity (Wildman–Crippen MR) is 74.0 cm³/mol. The molecule has 0 aliphatic carbocycles. The summed E-state index contributed by atoms with van der Waals surface area (Å²) in [6, 6.07) is 0. The van der Waals surface area contributed by atoms with Crippen molar-refractivity contribution in [2.45, 2.75) is 46.1 Å². The number of amides is 1. The van der Waals surface area contributed by atoms with Crippen molar-refractivity contribution in [2.24, 2.45) is 5.92 Å². The largest absolute Gasteiger partial charge is 0.391 e. The third kappa shape index (κ3) is 3.78. The minimum Gasteiger partial charge on any atom is -0.391 e. The van der Waals surface area contributed by atoms with Crippen molar-refractivity contribution >= 4 is 17.2 Å². The first-order valence-corrected chi connectivity index (χ1v) is 7.01. The molecule has 1 rings (SSSR count). The monoisotopic (exact) mass is 270 g/mol. The Kier molecular flexibility index (Phi) is 4.87. The third-order valence-corrected chi connectivity index (χ3v) is 3.55. The lowest BCUT2D eigenvalue weighted by Gasteiger charge is -2.18. The Morgan fingerprint density at radius 3 is 2.61 bits per heavy atom. The zero-order valence-corrected chi connectivity index (χ0v) is 12.5. The summed E-state index contributed by atoms with van der Waals surface area (Å²) in [6.45, 7) is 10.2. The molecule has 0 aromatic carbocycles. The number of aliphatic hydroxyl groups excluding tert-OH is 1. The van der Waals surface area contributed by atoms with E-state index in [1.54, 1.807) is 5.51 Å². The SMILES string of the molecule is CC(C)C(O)CNC(=O)c1scnc1C(C)(C)C. The van der Waals surface area contributed by atoms with E-state index in [0.717, 1.165) is 5.69 Å². The minimum absolute atomic E-state index is 0.133. The normalized spacial score (nSPS) is 13.7. The molecule has 0 bridgehead atoms. The Balaban J connectivity index is 2.71. The van der Waals surface area contributed by atoms with Gasteiger partial charge < -0.3 is 10.4 Å². The van der Waals surface area contributed by atoms with E-state index in [2.05, 4.69) is 10.3 Å². The van der Waals surface area contributed by atoms with Crippen molar-refractivity contribution in [1.82, 2.24) is 10.3 Å². The van der Waals surface area contributed by atoms with E-state index in [0.29, 0.717) is 4.88 Å². The second kappa shape index (κ2) is 5.80. The van der Waals surface area contributed by atoms with E-state index in [-0.39, 0.29) is 23.8 Å². The number of carbonyl (C=O) groups excluding carboxylic acids is 1. The van der Waals surface area contributed by atoms with E-state index < -0.39 is 6.10 Å². The molecule has 1 aromatic rings. The maximum absolute atomic E-state index is 12.0. The van der Waals surface area contributed by atoms with Crippen molar-refractivity contribution in [3.8, 4) is 0 Å². The van der Waals surface area contributed by atoms with Crippen LogP contribution < -0.4 is 5.32 Å². The molecule has 0 aliphatic rings. The first-order chi connectivity index (χ1) is 8.23. The lowest BCUT2D eigenvalue weighted by atomic mass is 9.91. The molecule has 1 amide bonds. The highest BCUT2D eigenvalue weighted by Crippen LogP contribution is 2.26. The van der Waals surface area contributed by atoms with Crippen molar-refractivity contribution in [2.75, 3.05) is 6.54 Å². The van der Waals surface area contributed by atoms with Gasteiger partial charge in [-0.25, -0.2) is 4.98 Å². The van der Waals surface area contributed by atoms with Gasteiger partial charge in [0.25, 0.3) is 5.91 Å². The number of hydrogen-bond acceptors (Lipinski definition) is 4. The van der Waals surface area contributed by atoms with Gasteiger partial charge in [-0.2, -0.15) is 0 Å². The second-order valence-corrected chi connectivity index (χ2v) is 6.66. The summed E-state index contributed by atoms with van der Waals surface area (Å²) < 4.78 is 0. The average Bonchev–Trinajstić information content (AvgIpc) is 2.73. The fourth-order valence-corrected chi connectivity index (χ4v) is 2.37. The molecule has 0 spiro atoms. The zero-order valence-electron chi connectivity index (χ0n) is 11.7. The maximum atomic E-state index is 12.0. The molecule has 0 radical (unpaired) electrons. The molecule has 5 heteroatoms. The topological polar surface area (TPSA) is 62.2 Å². The summed E-state index contributed by atoms with van der Waals surface area (Å²) >= 11 is 1.34. The van der Waals surface area contributed by atoms with Crippen LogP contribution in [0.4, 0.5) is 0 Å². The Labute approximate surface area is 112 Å². The number of rotatable bonds is 4. The summed E-state index contributed by atoms with van der Waals surface area (Å²) in [7, 11) is 0. The van der Waals surface area contributed by atoms with E-state index >= 15 is 0 Å². The highest BCUT2D eigenvalue weighted by molar-refractivity contribution is 7.11. The van der Waals surface area contributed by atoms with Crippen LogP contribution in [0.3, 0.4) is 0 Å². The molecule has 1 heterocycles. The van der Waals surface area contributed by atoms with Gasteiger partial charge in [0.15, 0.2) is 0 Å². The van der Waals surface area contributed by atoms with Gasteiger partial charge in [0.1, 0.15) is 4.88 Å². The summed E-state index contributed by atoms with van der Waals surface area (Å²) in [5.74, 6) is -0.0176. The number of hydrogen-bond donors (Lipinski definition) is 2. The van der Waals surface area contributed by atoms with Gasteiger partial charge in [0.05, 0.1) is 17.3 Å². The van der Waals surface area contributed by atoms with Crippen LogP contribution in [0.2, 0.25) is 0 Å². The lowest BCUT2D eigenvalue weighted by Crippen LogP contribution is -2.35. The summed E-state index contributed by atoms with van der Waals surface area (Å²) in [5, 5.41) is 12.4. The molecule has 0 saturated carbocycles. The van der Waals surface area contributed by atoms with Crippen molar-refractivity contribution in [3.63, 3.8) is 0 Å². The van der Waals surface area contributed by atoms with Gasteiger partial charge in [0.2, 0.25) is 0 Å². The predicted octanol–water partition coefficient (Wildman–Crippen LogP) is 2.19. The number of aliphatic hydroxyl groups is 1.